The molecule has 0 amide bonds. The number of aromatic nitrogens is 3. The van der Waals surface area contributed by atoms with Crippen molar-refractivity contribution >= 4 is 16.6 Å². The number of phenols is 1. The number of hydrogen-bond acceptors (Lipinski definition) is 5. The van der Waals surface area contributed by atoms with Gasteiger partial charge in [-0.1, -0.05) is 36.4 Å². The lowest BCUT2D eigenvalue weighted by atomic mass is 9.98. The average Bonchev–Trinajstić information content (AvgIpc) is 3.27. The summed E-state index contributed by atoms with van der Waals surface area (Å²) < 4.78 is 10.5. The number of fused-ring (bicyclic) bond motifs is 5. The van der Waals surface area contributed by atoms with Crippen molar-refractivity contribution < 1.29 is 9.84 Å². The molecule has 3 aromatic carbocycles. The van der Waals surface area contributed by atoms with Gasteiger partial charge in [0.15, 0.2) is 0 Å². The number of phenolic OH excluding ortho intramolecular Hbond substituents is 1. The van der Waals surface area contributed by atoms with Crippen LogP contribution in [0.4, 0.5) is 5.69 Å². The molecule has 8 heteroatoms. The van der Waals surface area contributed by atoms with Crippen molar-refractivity contribution in [3.8, 4) is 28.4 Å². The molecule has 186 valence electrons. The fraction of sp³-hybridized carbons (Fsp3) is 0.172. The zero-order valence-corrected chi connectivity index (χ0v) is 20.9. The molecule has 0 saturated heterocycles. The molecular weight excluding hydrogens is 468 g/mol. The van der Waals surface area contributed by atoms with Crippen LogP contribution in [0.3, 0.4) is 0 Å². The summed E-state index contributed by atoms with van der Waals surface area (Å²) in [5, 5.41) is 14.2. The summed E-state index contributed by atoms with van der Waals surface area (Å²) in [4.78, 5) is 27.0. The quantitative estimate of drug-likeness (QED) is 0.392. The Kier molecular flexibility index (Phi) is 5.01. The van der Waals surface area contributed by atoms with Crippen LogP contribution in [0.2, 0.25) is 0 Å². The molecule has 5 aromatic rings. The Bertz CT molecular complexity index is 1840. The Balaban J connectivity index is 1.88. The monoisotopic (exact) mass is 494 g/mol. The number of nitrogens with zero attached hydrogens (tertiary/aromatic N) is 3. The lowest BCUT2D eigenvalue weighted by Gasteiger charge is -2.32. The van der Waals surface area contributed by atoms with Gasteiger partial charge in [-0.3, -0.25) is 13.9 Å². The van der Waals surface area contributed by atoms with E-state index in [0.717, 1.165) is 44.0 Å². The van der Waals surface area contributed by atoms with Crippen LogP contribution in [-0.2, 0) is 14.1 Å². The Morgan fingerprint density at radius 2 is 1.68 bits per heavy atom. The highest BCUT2D eigenvalue weighted by Gasteiger charge is 2.36. The predicted octanol–water partition coefficient (Wildman–Crippen LogP) is 4.23. The van der Waals surface area contributed by atoms with Crippen LogP contribution in [0, 0.1) is 6.92 Å². The number of ether oxygens (including phenoxy) is 1. The molecule has 1 atom stereocenters. The van der Waals surface area contributed by atoms with Gasteiger partial charge in [-0.25, -0.2) is 4.79 Å². The van der Waals surface area contributed by atoms with Crippen LogP contribution < -0.4 is 21.3 Å². The summed E-state index contributed by atoms with van der Waals surface area (Å²) in [6.07, 6.45) is 0. The van der Waals surface area contributed by atoms with Gasteiger partial charge < -0.3 is 19.7 Å². The minimum Gasteiger partial charge on any atom is -0.508 e. The van der Waals surface area contributed by atoms with Gasteiger partial charge in [0.2, 0.25) is 0 Å². The molecule has 3 heterocycles. The smallest absolute Gasteiger partial charge is 0.331 e. The Hall–Kier alpha value is -4.72. The van der Waals surface area contributed by atoms with E-state index in [1.54, 1.807) is 36.9 Å². The van der Waals surface area contributed by atoms with Crippen LogP contribution in [0.25, 0.3) is 27.8 Å². The van der Waals surface area contributed by atoms with Crippen molar-refractivity contribution in [2.75, 3.05) is 12.4 Å². The highest BCUT2D eigenvalue weighted by atomic mass is 16.5. The van der Waals surface area contributed by atoms with Crippen molar-refractivity contribution in [2.45, 2.75) is 13.0 Å². The summed E-state index contributed by atoms with van der Waals surface area (Å²) in [5.41, 5.74) is 5.68. The van der Waals surface area contributed by atoms with Gasteiger partial charge in [-0.05, 0) is 36.8 Å². The van der Waals surface area contributed by atoms with Gasteiger partial charge >= 0.3 is 5.69 Å². The molecule has 2 N–H and O–H groups in total. The molecule has 0 unspecified atom stereocenters. The third-order valence-corrected chi connectivity index (χ3v) is 7.25. The maximum atomic E-state index is 13.8. The topological polar surface area (TPSA) is 90.4 Å². The first kappa shape index (κ1) is 22.7. The van der Waals surface area contributed by atoms with Gasteiger partial charge in [0.05, 0.1) is 46.8 Å². The molecule has 0 fully saturated rings. The van der Waals surface area contributed by atoms with E-state index in [-0.39, 0.29) is 11.3 Å². The van der Waals surface area contributed by atoms with Crippen molar-refractivity contribution in [2.24, 2.45) is 14.1 Å². The van der Waals surface area contributed by atoms with Gasteiger partial charge in [-0.2, -0.15) is 0 Å². The van der Waals surface area contributed by atoms with E-state index < -0.39 is 11.7 Å². The van der Waals surface area contributed by atoms with Crippen LogP contribution in [0.5, 0.6) is 11.5 Å². The fourth-order valence-corrected chi connectivity index (χ4v) is 5.48. The number of benzene rings is 3. The SMILES string of the molecule is COc1cc(O)ccc1[C@@H]1Nc2ccccc2-n2c(-c3ccccc3C)c3c(=O)n(C)c(=O)n(C)c3c21. The molecule has 0 bridgehead atoms. The van der Waals surface area contributed by atoms with E-state index in [1.165, 1.54) is 7.05 Å². The first-order valence-corrected chi connectivity index (χ1v) is 12.0. The van der Waals surface area contributed by atoms with Crippen LogP contribution in [0.1, 0.15) is 22.9 Å². The van der Waals surface area contributed by atoms with Crippen LogP contribution in [0.15, 0.2) is 76.3 Å². The lowest BCUT2D eigenvalue weighted by molar-refractivity contribution is 0.401. The molecule has 0 spiro atoms. The summed E-state index contributed by atoms with van der Waals surface area (Å²) in [6, 6.07) is 20.3. The van der Waals surface area contributed by atoms with E-state index in [1.807, 2.05) is 55.5 Å². The van der Waals surface area contributed by atoms with Crippen molar-refractivity contribution in [1.82, 2.24) is 13.7 Å². The third-order valence-electron chi connectivity index (χ3n) is 7.25. The standard InChI is InChI=1S/C29H26N4O4/c1-16-9-5-6-10-18(16)25-23-26(31(2)29(36)32(3)28(23)35)27-24(19-14-13-17(34)15-22(19)37-4)30-20-11-7-8-12-21(20)33(25)27/h5-15,24,30,34H,1-4H3/t24-/m0/s1. The summed E-state index contributed by atoms with van der Waals surface area (Å²) >= 11 is 0. The lowest BCUT2D eigenvalue weighted by Crippen LogP contribution is -2.37. The largest absolute Gasteiger partial charge is 0.508 e. The van der Waals surface area contributed by atoms with Crippen molar-refractivity contribution in [3.05, 3.63) is 104 Å². The van der Waals surface area contributed by atoms with E-state index in [0.29, 0.717) is 16.7 Å². The van der Waals surface area contributed by atoms with E-state index in [4.69, 9.17) is 4.74 Å². The Morgan fingerprint density at radius 1 is 0.946 bits per heavy atom. The third kappa shape index (κ3) is 3.15. The molecule has 0 radical (unpaired) electrons. The molecule has 0 saturated carbocycles. The number of aryl methyl sites for hydroxylation is 2. The van der Waals surface area contributed by atoms with Gasteiger partial charge in [0.25, 0.3) is 5.56 Å². The molecule has 1 aliphatic rings. The number of aromatic hydroxyl groups is 1. The van der Waals surface area contributed by atoms with E-state index in [9.17, 15) is 14.7 Å². The molecule has 6 rings (SSSR count). The van der Waals surface area contributed by atoms with Gasteiger partial charge in [0.1, 0.15) is 11.5 Å². The first-order valence-electron chi connectivity index (χ1n) is 12.0. The fourth-order valence-electron chi connectivity index (χ4n) is 5.48. The number of methoxy groups -OCH3 is 1. The van der Waals surface area contributed by atoms with Crippen LogP contribution >= 0.6 is 0 Å². The summed E-state index contributed by atoms with van der Waals surface area (Å²) in [7, 11) is 4.75. The average molecular weight is 495 g/mol. The second-order valence-electron chi connectivity index (χ2n) is 9.33. The van der Waals surface area contributed by atoms with E-state index >= 15 is 0 Å². The highest BCUT2D eigenvalue weighted by molar-refractivity contribution is 6.00. The second kappa shape index (κ2) is 8.16. The van der Waals surface area contributed by atoms with Gasteiger partial charge in [0, 0.05) is 31.3 Å². The normalized spacial score (nSPS) is 14.2. The minimum atomic E-state index is -0.483. The Morgan fingerprint density at radius 3 is 2.43 bits per heavy atom. The maximum Gasteiger partial charge on any atom is 0.331 e. The molecule has 0 aliphatic carbocycles. The summed E-state index contributed by atoms with van der Waals surface area (Å²) in [6.45, 7) is 2.01. The second-order valence-corrected chi connectivity index (χ2v) is 9.33. The van der Waals surface area contributed by atoms with Crippen molar-refractivity contribution in [3.63, 3.8) is 0 Å². The number of para-hydroxylation sites is 2. The number of hydrogen-bond donors (Lipinski definition) is 2. The zero-order chi connectivity index (χ0) is 26.0. The van der Waals surface area contributed by atoms with Gasteiger partial charge in [-0.15, -0.1) is 0 Å². The summed E-state index contributed by atoms with van der Waals surface area (Å²) in [5.74, 6) is 0.572. The zero-order valence-electron chi connectivity index (χ0n) is 20.9. The molecule has 2 aromatic heterocycles. The van der Waals surface area contributed by atoms with Crippen LogP contribution in [-0.4, -0.2) is 25.9 Å². The highest BCUT2D eigenvalue weighted by Crippen LogP contribution is 2.47. The number of nitrogens with one attached hydrogen (secondary N) is 1. The minimum absolute atomic E-state index is 0.0823. The number of anilines is 1. The first-order chi connectivity index (χ1) is 17.8. The number of rotatable bonds is 3. The Labute approximate surface area is 212 Å². The molecule has 37 heavy (non-hydrogen) atoms. The molecular formula is C29H26N4O4. The maximum absolute atomic E-state index is 13.8. The molecule has 1 aliphatic heterocycles. The van der Waals surface area contributed by atoms with Crippen molar-refractivity contribution in [1.29, 1.82) is 0 Å². The predicted molar refractivity (Wildman–Crippen MR) is 144 cm³/mol. The van der Waals surface area contributed by atoms with E-state index in [2.05, 4.69) is 9.88 Å². The molecule has 8 nitrogen and oxygen atoms in total.